The molecule has 2 aliphatic rings. The van der Waals surface area contributed by atoms with E-state index in [1.165, 1.54) is 0 Å². The Morgan fingerprint density at radius 3 is 2.60 bits per heavy atom. The van der Waals surface area contributed by atoms with E-state index in [0.29, 0.717) is 35.1 Å². The average molecular weight is 556 g/mol. The molecule has 0 bridgehead atoms. The quantitative estimate of drug-likeness (QED) is 0.185. The van der Waals surface area contributed by atoms with Gasteiger partial charge in [0.2, 0.25) is 0 Å². The molecule has 206 valence electrons. The molecule has 8 rings (SSSR count). The Labute approximate surface area is 239 Å². The van der Waals surface area contributed by atoms with E-state index in [-0.39, 0.29) is 17.7 Å². The Balaban J connectivity index is 1.12. The maximum atomic E-state index is 14.0. The van der Waals surface area contributed by atoms with Crippen molar-refractivity contribution in [3.63, 3.8) is 0 Å². The highest BCUT2D eigenvalue weighted by Gasteiger charge is 2.36. The molecule has 0 unspecified atom stereocenters. The molecular weight excluding hydrogens is 530 g/mol. The number of benzene rings is 4. The predicted octanol–water partition coefficient (Wildman–Crippen LogP) is 7.13. The smallest absolute Gasteiger partial charge is 0.409 e. The summed E-state index contributed by atoms with van der Waals surface area (Å²) in [6.45, 7) is 2.64. The van der Waals surface area contributed by atoms with Crippen LogP contribution in [-0.4, -0.2) is 34.4 Å². The van der Waals surface area contributed by atoms with Crippen LogP contribution in [0, 0.1) is 0 Å². The van der Waals surface area contributed by atoms with Gasteiger partial charge in [-0.15, -0.1) is 0 Å². The standard InChI is InChI=1S/C33H25N5O4/c1-2-17-16-38(27-15-28-30-21(29(17)27)7-5-9-24(30)37-33(41)42-28)32(40)26-14-19-12-20(10-11-23(19)36-26)34-31(39)25-13-18-6-3-4-8-22(18)35-25/h3-15,17,35-36H,2,16H2,1H3,(H,34,39)(H,37,41)/t17-/m1/s1. The molecule has 0 fully saturated rings. The number of carbonyl (C=O) groups is 3. The van der Waals surface area contributed by atoms with Gasteiger partial charge in [0.05, 0.1) is 11.4 Å². The summed E-state index contributed by atoms with van der Waals surface area (Å²) in [7, 11) is 0. The van der Waals surface area contributed by atoms with Crippen molar-refractivity contribution in [1.82, 2.24) is 9.97 Å². The Bertz CT molecular complexity index is 2090. The van der Waals surface area contributed by atoms with Crippen LogP contribution in [0.25, 0.3) is 32.6 Å². The fourth-order valence-corrected chi connectivity index (χ4v) is 6.33. The third-order valence-electron chi connectivity index (χ3n) is 8.31. The van der Waals surface area contributed by atoms with Crippen molar-refractivity contribution in [3.05, 3.63) is 95.8 Å². The second kappa shape index (κ2) is 8.97. The number of anilines is 3. The number of carbonyl (C=O) groups excluding carboxylic acids is 3. The van der Waals surface area contributed by atoms with Crippen molar-refractivity contribution < 1.29 is 19.1 Å². The summed E-state index contributed by atoms with van der Waals surface area (Å²) in [4.78, 5) is 47.2. The maximum absolute atomic E-state index is 14.0. The number of H-pyrrole nitrogens is 2. The normalized spacial score (nSPS) is 15.6. The molecule has 0 saturated heterocycles. The van der Waals surface area contributed by atoms with E-state index in [1.54, 1.807) is 4.90 Å². The second-order valence-corrected chi connectivity index (χ2v) is 10.8. The van der Waals surface area contributed by atoms with Crippen LogP contribution in [0.5, 0.6) is 5.75 Å². The largest absolute Gasteiger partial charge is 0.417 e. The highest BCUT2D eigenvalue weighted by molar-refractivity contribution is 6.15. The molecule has 2 aromatic heterocycles. The predicted molar refractivity (Wildman–Crippen MR) is 163 cm³/mol. The van der Waals surface area contributed by atoms with E-state index >= 15 is 0 Å². The summed E-state index contributed by atoms with van der Waals surface area (Å²) in [5.41, 5.74) is 5.77. The van der Waals surface area contributed by atoms with Gasteiger partial charge < -0.3 is 24.9 Å². The Hall–Kier alpha value is -5.57. The zero-order valence-electron chi connectivity index (χ0n) is 22.6. The summed E-state index contributed by atoms with van der Waals surface area (Å²) < 4.78 is 5.54. The van der Waals surface area contributed by atoms with E-state index in [9.17, 15) is 14.4 Å². The average Bonchev–Trinajstić information content (AvgIpc) is 3.71. The number of hydrogen-bond donors (Lipinski definition) is 4. The lowest BCUT2D eigenvalue weighted by atomic mass is 9.92. The number of ether oxygens (including phenoxy) is 1. The van der Waals surface area contributed by atoms with Crippen molar-refractivity contribution in [2.75, 3.05) is 22.1 Å². The number of para-hydroxylation sites is 1. The minimum absolute atomic E-state index is 0.140. The van der Waals surface area contributed by atoms with Crippen LogP contribution < -0.4 is 20.3 Å². The topological polar surface area (TPSA) is 119 Å². The van der Waals surface area contributed by atoms with Crippen molar-refractivity contribution >= 4 is 67.5 Å². The second-order valence-electron chi connectivity index (χ2n) is 10.8. The summed E-state index contributed by atoms with van der Waals surface area (Å²) in [5.74, 6) is 0.174. The lowest BCUT2D eigenvalue weighted by Crippen LogP contribution is -2.30. The number of nitrogens with one attached hydrogen (secondary N) is 4. The minimum Gasteiger partial charge on any atom is -0.409 e. The van der Waals surface area contributed by atoms with Gasteiger partial charge in [-0.1, -0.05) is 37.3 Å². The molecule has 2 aliphatic heterocycles. The number of nitrogens with zero attached hydrogens (tertiary/aromatic N) is 1. The first-order chi connectivity index (χ1) is 20.5. The Kier molecular flexibility index (Phi) is 5.18. The van der Waals surface area contributed by atoms with Gasteiger partial charge in [-0.2, -0.15) is 0 Å². The first-order valence-corrected chi connectivity index (χ1v) is 13.9. The highest BCUT2D eigenvalue weighted by atomic mass is 16.6. The number of aromatic nitrogens is 2. The molecule has 0 radical (unpaired) electrons. The van der Waals surface area contributed by atoms with Crippen molar-refractivity contribution in [3.8, 4) is 5.75 Å². The maximum Gasteiger partial charge on any atom is 0.417 e. The molecule has 0 saturated carbocycles. The van der Waals surface area contributed by atoms with Crippen LogP contribution >= 0.6 is 0 Å². The Morgan fingerprint density at radius 1 is 0.929 bits per heavy atom. The first-order valence-electron chi connectivity index (χ1n) is 13.9. The van der Waals surface area contributed by atoms with Gasteiger partial charge in [0, 0.05) is 51.4 Å². The highest BCUT2D eigenvalue weighted by Crippen LogP contribution is 2.49. The van der Waals surface area contributed by atoms with Crippen LogP contribution in [0.3, 0.4) is 0 Å². The van der Waals surface area contributed by atoms with E-state index in [2.05, 4.69) is 27.5 Å². The lowest BCUT2D eigenvalue weighted by molar-refractivity contribution is 0.0982. The lowest BCUT2D eigenvalue weighted by Gasteiger charge is -2.22. The molecule has 42 heavy (non-hydrogen) atoms. The zero-order chi connectivity index (χ0) is 28.5. The third-order valence-corrected chi connectivity index (χ3v) is 8.31. The van der Waals surface area contributed by atoms with Crippen LogP contribution in [0.15, 0.2) is 78.9 Å². The third kappa shape index (κ3) is 3.67. The first kappa shape index (κ1) is 24.2. The molecule has 0 aliphatic carbocycles. The summed E-state index contributed by atoms with van der Waals surface area (Å²) in [6, 6.07) is 24.5. The summed E-state index contributed by atoms with van der Waals surface area (Å²) in [5, 5.41) is 9.34. The van der Waals surface area contributed by atoms with E-state index < -0.39 is 6.09 Å². The van der Waals surface area contributed by atoms with Crippen molar-refractivity contribution in [2.24, 2.45) is 0 Å². The molecule has 1 atom stereocenters. The summed E-state index contributed by atoms with van der Waals surface area (Å²) in [6.07, 6.45) is 0.315. The molecule has 9 heteroatoms. The fourth-order valence-electron chi connectivity index (χ4n) is 6.33. The van der Waals surface area contributed by atoms with Crippen molar-refractivity contribution in [2.45, 2.75) is 19.3 Å². The number of hydrogen-bond acceptors (Lipinski definition) is 4. The fraction of sp³-hybridized carbons (Fsp3) is 0.121. The molecule has 0 spiro atoms. The number of amides is 3. The monoisotopic (exact) mass is 555 g/mol. The van der Waals surface area contributed by atoms with Crippen LogP contribution in [0.1, 0.15) is 45.8 Å². The van der Waals surface area contributed by atoms with Gasteiger partial charge in [0.1, 0.15) is 17.1 Å². The molecule has 4 N–H and O–H groups in total. The molecule has 9 nitrogen and oxygen atoms in total. The van der Waals surface area contributed by atoms with E-state index in [1.807, 2.05) is 78.9 Å². The van der Waals surface area contributed by atoms with Crippen LogP contribution in [-0.2, 0) is 0 Å². The Morgan fingerprint density at radius 2 is 1.74 bits per heavy atom. The number of fused-ring (bicyclic) bond motifs is 4. The SMILES string of the molecule is CC[C@@H]1CN(C(=O)c2cc3cc(NC(=O)c4cc5ccccc5[nH]4)ccc3[nH]2)c2cc3c4c(cccc4c21)NC(=O)O3. The van der Waals surface area contributed by atoms with Crippen LogP contribution in [0.2, 0.25) is 0 Å². The molecular formula is C33H25N5O4. The number of rotatable bonds is 4. The van der Waals surface area contributed by atoms with Gasteiger partial charge in [-0.3, -0.25) is 14.9 Å². The summed E-state index contributed by atoms with van der Waals surface area (Å²) >= 11 is 0. The zero-order valence-corrected chi connectivity index (χ0v) is 22.6. The molecule has 4 aromatic carbocycles. The van der Waals surface area contributed by atoms with Gasteiger partial charge in [-0.05, 0) is 59.8 Å². The van der Waals surface area contributed by atoms with Crippen molar-refractivity contribution in [1.29, 1.82) is 0 Å². The van der Waals surface area contributed by atoms with Gasteiger partial charge in [-0.25, -0.2) is 4.79 Å². The van der Waals surface area contributed by atoms with Gasteiger partial charge >= 0.3 is 6.09 Å². The minimum atomic E-state index is -0.541. The van der Waals surface area contributed by atoms with Gasteiger partial charge in [0.15, 0.2) is 0 Å². The number of aromatic amines is 2. The molecule has 6 aromatic rings. The molecule has 3 amide bonds. The molecule has 4 heterocycles. The van der Waals surface area contributed by atoms with E-state index in [0.717, 1.165) is 50.2 Å². The van der Waals surface area contributed by atoms with Crippen LogP contribution in [0.4, 0.5) is 21.9 Å². The van der Waals surface area contributed by atoms with Gasteiger partial charge in [0.25, 0.3) is 11.8 Å². The van der Waals surface area contributed by atoms with E-state index in [4.69, 9.17) is 4.74 Å².